The third-order valence-electron chi connectivity index (χ3n) is 4.87. The molecule has 0 aromatic rings. The molecule has 0 saturated heterocycles. The molecule has 3 N–H and O–H groups in total. The Hall–Kier alpha value is -1.26. The number of urea groups is 1. The largest absolute Gasteiger partial charge is 0.481 e. The van der Waals surface area contributed by atoms with Crippen LogP contribution in [-0.4, -0.2) is 29.2 Å². The van der Waals surface area contributed by atoms with E-state index in [1.807, 2.05) is 6.92 Å². The van der Waals surface area contributed by atoms with E-state index in [1.165, 1.54) is 25.7 Å². The third-order valence-corrected chi connectivity index (χ3v) is 4.87. The van der Waals surface area contributed by atoms with Gasteiger partial charge in [-0.25, -0.2) is 4.79 Å². The summed E-state index contributed by atoms with van der Waals surface area (Å²) in [4.78, 5) is 23.2. The second-order valence-electron chi connectivity index (χ2n) is 6.29. The maximum absolute atomic E-state index is 12.0. The van der Waals surface area contributed by atoms with Crippen LogP contribution in [0.3, 0.4) is 0 Å². The van der Waals surface area contributed by atoms with Crippen molar-refractivity contribution in [3.05, 3.63) is 0 Å². The van der Waals surface area contributed by atoms with Crippen molar-refractivity contribution in [3.63, 3.8) is 0 Å². The lowest BCUT2D eigenvalue weighted by molar-refractivity contribution is -0.143. The third kappa shape index (κ3) is 3.87. The van der Waals surface area contributed by atoms with Crippen LogP contribution < -0.4 is 10.6 Å². The number of rotatable bonds is 4. The molecule has 0 aliphatic heterocycles. The predicted octanol–water partition coefficient (Wildman–Crippen LogP) is 2.51. The summed E-state index contributed by atoms with van der Waals surface area (Å²) in [7, 11) is 0. The van der Waals surface area contributed by atoms with E-state index in [0.717, 1.165) is 19.3 Å². The fraction of sp³-hybridized carbons (Fsp3) is 0.867. The SMILES string of the molecule is CC(NC(=O)NC1CCCCC1C(=O)O)C1CCCC1. The second-order valence-corrected chi connectivity index (χ2v) is 6.29. The Kier molecular flexibility index (Phi) is 5.26. The highest BCUT2D eigenvalue weighted by molar-refractivity contribution is 5.77. The molecule has 0 heterocycles. The smallest absolute Gasteiger partial charge is 0.315 e. The minimum atomic E-state index is -0.793. The van der Waals surface area contributed by atoms with E-state index in [2.05, 4.69) is 10.6 Å². The van der Waals surface area contributed by atoms with Crippen LogP contribution in [0.25, 0.3) is 0 Å². The minimum absolute atomic E-state index is 0.171. The highest BCUT2D eigenvalue weighted by atomic mass is 16.4. The molecule has 5 nitrogen and oxygen atoms in total. The molecule has 2 saturated carbocycles. The molecular weight excluding hydrogens is 256 g/mol. The van der Waals surface area contributed by atoms with Crippen LogP contribution in [0, 0.1) is 11.8 Å². The predicted molar refractivity (Wildman–Crippen MR) is 76.5 cm³/mol. The van der Waals surface area contributed by atoms with Crippen molar-refractivity contribution in [2.75, 3.05) is 0 Å². The molecule has 2 fully saturated rings. The van der Waals surface area contributed by atoms with Gasteiger partial charge in [0.2, 0.25) is 0 Å². The maximum Gasteiger partial charge on any atom is 0.315 e. The van der Waals surface area contributed by atoms with Gasteiger partial charge in [-0.15, -0.1) is 0 Å². The monoisotopic (exact) mass is 282 g/mol. The Bertz CT molecular complexity index is 353. The van der Waals surface area contributed by atoms with E-state index >= 15 is 0 Å². The molecule has 0 aromatic carbocycles. The van der Waals surface area contributed by atoms with Crippen molar-refractivity contribution in [1.82, 2.24) is 10.6 Å². The zero-order valence-corrected chi connectivity index (χ0v) is 12.2. The van der Waals surface area contributed by atoms with E-state index in [9.17, 15) is 14.7 Å². The van der Waals surface area contributed by atoms with E-state index in [-0.39, 0.29) is 18.1 Å². The summed E-state index contributed by atoms with van der Waals surface area (Å²) in [6, 6.07) is -0.260. The van der Waals surface area contributed by atoms with Gasteiger partial charge in [0, 0.05) is 12.1 Å². The van der Waals surface area contributed by atoms with Crippen LogP contribution in [0.15, 0.2) is 0 Å². The Morgan fingerprint density at radius 2 is 1.65 bits per heavy atom. The maximum atomic E-state index is 12.0. The molecular formula is C15H26N2O3. The van der Waals surface area contributed by atoms with Crippen molar-refractivity contribution in [1.29, 1.82) is 0 Å². The highest BCUT2D eigenvalue weighted by Gasteiger charge is 2.32. The van der Waals surface area contributed by atoms with Gasteiger partial charge in [-0.3, -0.25) is 4.79 Å². The lowest BCUT2D eigenvalue weighted by Gasteiger charge is -2.30. The first-order valence-electron chi connectivity index (χ1n) is 7.87. The fourth-order valence-corrected chi connectivity index (χ4v) is 3.59. The van der Waals surface area contributed by atoms with Gasteiger partial charge in [0.05, 0.1) is 5.92 Å². The second kappa shape index (κ2) is 6.95. The van der Waals surface area contributed by atoms with Crippen LogP contribution in [0.1, 0.15) is 58.3 Å². The lowest BCUT2D eigenvalue weighted by Crippen LogP contribution is -2.51. The van der Waals surface area contributed by atoms with Crippen LogP contribution in [0.4, 0.5) is 4.79 Å². The molecule has 114 valence electrons. The van der Waals surface area contributed by atoms with Crippen molar-refractivity contribution >= 4 is 12.0 Å². The van der Waals surface area contributed by atoms with Gasteiger partial charge in [-0.05, 0) is 38.5 Å². The number of carbonyl (C=O) groups is 2. The van der Waals surface area contributed by atoms with Gasteiger partial charge < -0.3 is 15.7 Å². The van der Waals surface area contributed by atoms with Crippen molar-refractivity contribution in [3.8, 4) is 0 Å². The van der Waals surface area contributed by atoms with Gasteiger partial charge in [0.25, 0.3) is 0 Å². The van der Waals surface area contributed by atoms with E-state index in [1.54, 1.807) is 0 Å². The normalized spacial score (nSPS) is 28.9. The lowest BCUT2D eigenvalue weighted by atomic mass is 9.84. The average molecular weight is 282 g/mol. The number of carboxylic acids is 1. The summed E-state index contributed by atoms with van der Waals surface area (Å²) < 4.78 is 0. The molecule has 20 heavy (non-hydrogen) atoms. The quantitative estimate of drug-likeness (QED) is 0.741. The summed E-state index contributed by atoms with van der Waals surface area (Å²) >= 11 is 0. The summed E-state index contributed by atoms with van der Waals surface area (Å²) in [5.74, 6) is -0.655. The fourth-order valence-electron chi connectivity index (χ4n) is 3.59. The first-order valence-corrected chi connectivity index (χ1v) is 7.87. The molecule has 3 atom stereocenters. The molecule has 0 aromatic heterocycles. The van der Waals surface area contributed by atoms with E-state index in [0.29, 0.717) is 12.3 Å². The molecule has 2 rings (SSSR count). The highest BCUT2D eigenvalue weighted by Crippen LogP contribution is 2.28. The van der Waals surface area contributed by atoms with Gasteiger partial charge >= 0.3 is 12.0 Å². The Morgan fingerprint density at radius 1 is 1.05 bits per heavy atom. The molecule has 2 aliphatic rings. The van der Waals surface area contributed by atoms with Crippen LogP contribution >= 0.6 is 0 Å². The molecule has 0 bridgehead atoms. The number of hydrogen-bond donors (Lipinski definition) is 3. The van der Waals surface area contributed by atoms with Crippen LogP contribution in [0.5, 0.6) is 0 Å². The number of nitrogens with one attached hydrogen (secondary N) is 2. The summed E-state index contributed by atoms with van der Waals surface area (Å²) in [6.07, 6.45) is 8.23. The number of carbonyl (C=O) groups excluding carboxylic acids is 1. The van der Waals surface area contributed by atoms with Gasteiger partial charge in [0.1, 0.15) is 0 Å². The summed E-state index contributed by atoms with van der Waals surface area (Å²) in [5.41, 5.74) is 0. The zero-order chi connectivity index (χ0) is 14.5. The standard InChI is InChI=1S/C15H26N2O3/c1-10(11-6-2-3-7-11)16-15(20)17-13-9-5-4-8-12(13)14(18)19/h10-13H,2-9H2,1H3,(H,18,19)(H2,16,17,20). The van der Waals surface area contributed by atoms with E-state index in [4.69, 9.17) is 0 Å². The van der Waals surface area contributed by atoms with Crippen molar-refractivity contribution in [2.45, 2.75) is 70.4 Å². The first kappa shape index (κ1) is 15.1. The first-order chi connectivity index (χ1) is 9.58. The van der Waals surface area contributed by atoms with Crippen LogP contribution in [-0.2, 0) is 4.79 Å². The number of amides is 2. The van der Waals surface area contributed by atoms with Crippen molar-refractivity contribution in [2.24, 2.45) is 11.8 Å². The molecule has 3 unspecified atom stereocenters. The number of aliphatic carboxylic acids is 1. The topological polar surface area (TPSA) is 78.4 Å². The number of hydrogen-bond acceptors (Lipinski definition) is 2. The molecule has 2 amide bonds. The van der Waals surface area contributed by atoms with Crippen LogP contribution in [0.2, 0.25) is 0 Å². The Morgan fingerprint density at radius 3 is 2.30 bits per heavy atom. The summed E-state index contributed by atoms with van der Waals surface area (Å²) in [6.45, 7) is 2.05. The minimum Gasteiger partial charge on any atom is -0.481 e. The van der Waals surface area contributed by atoms with Gasteiger partial charge in [0.15, 0.2) is 0 Å². The summed E-state index contributed by atoms with van der Waals surface area (Å²) in [5, 5.41) is 15.1. The average Bonchev–Trinajstić information content (AvgIpc) is 2.92. The van der Waals surface area contributed by atoms with E-state index < -0.39 is 11.9 Å². The Labute approximate surface area is 120 Å². The van der Waals surface area contributed by atoms with Crippen molar-refractivity contribution < 1.29 is 14.7 Å². The molecule has 2 aliphatic carbocycles. The van der Waals surface area contributed by atoms with Gasteiger partial charge in [-0.1, -0.05) is 25.7 Å². The zero-order valence-electron chi connectivity index (χ0n) is 12.2. The molecule has 5 heteroatoms. The molecule has 0 radical (unpaired) electrons. The van der Waals surface area contributed by atoms with Gasteiger partial charge in [-0.2, -0.15) is 0 Å². The Balaban J connectivity index is 1.81. The molecule has 0 spiro atoms. The number of carboxylic acid groups (broad SMARTS) is 1.